The number of aliphatic hydroxyl groups is 1. The van der Waals surface area contributed by atoms with E-state index >= 15 is 0 Å². The van der Waals surface area contributed by atoms with Crippen molar-refractivity contribution >= 4 is 0 Å². The molecule has 1 aromatic carbocycles. The molecule has 4 nitrogen and oxygen atoms in total. The third kappa shape index (κ3) is 1.13. The van der Waals surface area contributed by atoms with Crippen molar-refractivity contribution in [1.82, 2.24) is 9.55 Å². The normalized spacial score (nSPS) is 32.4. The molecule has 2 aromatic rings. The summed E-state index contributed by atoms with van der Waals surface area (Å²) >= 11 is 0. The summed E-state index contributed by atoms with van der Waals surface area (Å²) in [6.07, 6.45) is 4.47. The number of aromatic nitrogens is 2. The Morgan fingerprint density at radius 1 is 1.30 bits per heavy atom. The summed E-state index contributed by atoms with van der Waals surface area (Å²) in [4.78, 5) is 4.30. The average molecular weight is 268 g/mol. The van der Waals surface area contributed by atoms with Gasteiger partial charge in [0.15, 0.2) is 0 Å². The second-order valence-electron chi connectivity index (χ2n) is 6.37. The third-order valence-corrected chi connectivity index (χ3v) is 5.38. The maximum atomic E-state index is 10.4. The van der Waals surface area contributed by atoms with Crippen molar-refractivity contribution in [3.05, 3.63) is 42.4 Å². The van der Waals surface area contributed by atoms with Crippen molar-refractivity contribution in [3.63, 3.8) is 0 Å². The first kappa shape index (κ1) is 11.1. The first-order chi connectivity index (χ1) is 9.80. The van der Waals surface area contributed by atoms with Crippen molar-refractivity contribution < 1.29 is 9.84 Å². The number of ether oxygens (including phenoxy) is 1. The molecule has 1 aliphatic carbocycles. The summed E-state index contributed by atoms with van der Waals surface area (Å²) in [6, 6.07) is 8.69. The largest absolute Gasteiger partial charge is 0.393 e. The SMILES string of the molecule is O[C@H]1CC2(COC2)[C@@H]1[C@H]1c2ccccc2-c2cncn21. The molecule has 2 fully saturated rings. The van der Waals surface area contributed by atoms with Crippen LogP contribution in [0.1, 0.15) is 18.0 Å². The Labute approximate surface area is 117 Å². The van der Waals surface area contributed by atoms with Gasteiger partial charge in [0.05, 0.1) is 43.6 Å². The molecule has 1 saturated heterocycles. The third-order valence-electron chi connectivity index (χ3n) is 5.38. The summed E-state index contributed by atoms with van der Waals surface area (Å²) in [5.41, 5.74) is 3.92. The minimum Gasteiger partial charge on any atom is -0.393 e. The monoisotopic (exact) mass is 268 g/mol. The van der Waals surface area contributed by atoms with Crippen LogP contribution in [-0.4, -0.2) is 34.0 Å². The lowest BCUT2D eigenvalue weighted by atomic mass is 9.53. The minimum atomic E-state index is -0.231. The zero-order chi connectivity index (χ0) is 13.3. The Balaban J connectivity index is 1.68. The lowest BCUT2D eigenvalue weighted by molar-refractivity contribution is -0.250. The summed E-state index contributed by atoms with van der Waals surface area (Å²) in [7, 11) is 0. The van der Waals surface area contributed by atoms with Crippen LogP contribution in [0.15, 0.2) is 36.8 Å². The van der Waals surface area contributed by atoms with E-state index in [1.54, 1.807) is 0 Å². The zero-order valence-electron chi connectivity index (χ0n) is 11.1. The van der Waals surface area contributed by atoms with Gasteiger partial charge in [0.25, 0.3) is 0 Å². The number of hydrogen-bond acceptors (Lipinski definition) is 3. The molecule has 3 aliphatic rings. The fourth-order valence-corrected chi connectivity index (χ4v) is 4.39. The van der Waals surface area contributed by atoms with Crippen LogP contribution < -0.4 is 0 Å². The number of imidazole rings is 1. The summed E-state index contributed by atoms with van der Waals surface area (Å²) in [5, 5.41) is 10.4. The van der Waals surface area contributed by atoms with Crippen LogP contribution in [0.25, 0.3) is 11.3 Å². The highest BCUT2D eigenvalue weighted by Crippen LogP contribution is 2.60. The first-order valence-corrected chi connectivity index (χ1v) is 7.17. The van der Waals surface area contributed by atoms with E-state index in [0.29, 0.717) is 0 Å². The Morgan fingerprint density at radius 2 is 2.15 bits per heavy atom. The van der Waals surface area contributed by atoms with Gasteiger partial charge in [-0.25, -0.2) is 4.98 Å². The van der Waals surface area contributed by atoms with Crippen LogP contribution in [0.2, 0.25) is 0 Å². The predicted molar refractivity (Wildman–Crippen MR) is 73.2 cm³/mol. The number of fused-ring (bicyclic) bond motifs is 3. The zero-order valence-corrected chi connectivity index (χ0v) is 11.1. The highest BCUT2D eigenvalue weighted by Gasteiger charge is 2.62. The predicted octanol–water partition coefficient (Wildman–Crippen LogP) is 1.85. The molecule has 0 radical (unpaired) electrons. The van der Waals surface area contributed by atoms with Crippen molar-refractivity contribution in [2.75, 3.05) is 13.2 Å². The highest BCUT2D eigenvalue weighted by atomic mass is 16.5. The molecule has 2 aliphatic heterocycles. The molecule has 102 valence electrons. The number of rotatable bonds is 1. The van der Waals surface area contributed by atoms with Crippen LogP contribution in [0.5, 0.6) is 0 Å². The number of aliphatic hydroxyl groups excluding tert-OH is 1. The van der Waals surface area contributed by atoms with E-state index in [9.17, 15) is 5.11 Å². The maximum Gasteiger partial charge on any atom is 0.0956 e. The van der Waals surface area contributed by atoms with E-state index in [1.165, 1.54) is 16.8 Å². The van der Waals surface area contributed by atoms with Crippen molar-refractivity contribution in [2.45, 2.75) is 18.6 Å². The molecule has 1 saturated carbocycles. The molecule has 0 bridgehead atoms. The molecule has 20 heavy (non-hydrogen) atoms. The van der Waals surface area contributed by atoms with Crippen LogP contribution in [0.4, 0.5) is 0 Å². The highest BCUT2D eigenvalue weighted by molar-refractivity contribution is 5.69. The number of hydrogen-bond donors (Lipinski definition) is 1. The van der Waals surface area contributed by atoms with Gasteiger partial charge in [-0.1, -0.05) is 24.3 Å². The van der Waals surface area contributed by atoms with Crippen molar-refractivity contribution in [1.29, 1.82) is 0 Å². The van der Waals surface area contributed by atoms with E-state index in [2.05, 4.69) is 33.8 Å². The van der Waals surface area contributed by atoms with Crippen LogP contribution >= 0.6 is 0 Å². The molecule has 3 heterocycles. The van der Waals surface area contributed by atoms with Crippen LogP contribution in [0, 0.1) is 11.3 Å². The molecule has 1 spiro atoms. The summed E-state index contributed by atoms with van der Waals surface area (Å²) in [5.74, 6) is 0.243. The van der Waals surface area contributed by atoms with Crippen LogP contribution in [0.3, 0.4) is 0 Å². The lowest BCUT2D eigenvalue weighted by Crippen LogP contribution is -2.64. The fraction of sp³-hybridized carbons (Fsp3) is 0.438. The smallest absolute Gasteiger partial charge is 0.0956 e. The lowest BCUT2D eigenvalue weighted by Gasteiger charge is -2.60. The fourth-order valence-electron chi connectivity index (χ4n) is 4.39. The molecule has 0 unspecified atom stereocenters. The molecule has 3 atom stereocenters. The second kappa shape index (κ2) is 3.51. The minimum absolute atomic E-state index is 0.184. The molecule has 4 heteroatoms. The van der Waals surface area contributed by atoms with Gasteiger partial charge in [-0.05, 0) is 12.0 Å². The Bertz CT molecular complexity index is 689. The van der Waals surface area contributed by atoms with Crippen molar-refractivity contribution in [3.8, 4) is 11.3 Å². The van der Waals surface area contributed by atoms with Gasteiger partial charge in [-0.15, -0.1) is 0 Å². The van der Waals surface area contributed by atoms with Gasteiger partial charge < -0.3 is 14.4 Å². The standard InChI is InChI=1S/C16H16N2O2/c19-13-5-16(7-20-8-16)14(13)15-11-4-2-1-3-10(11)12-6-17-9-18(12)15/h1-4,6,9,13-15,19H,5,7-8H2/t13-,14-,15+/m0/s1. The van der Waals surface area contributed by atoms with E-state index in [4.69, 9.17) is 4.74 Å². The molecule has 1 N–H and O–H groups in total. The topological polar surface area (TPSA) is 47.3 Å². The van der Waals surface area contributed by atoms with E-state index in [1.807, 2.05) is 12.5 Å². The Hall–Kier alpha value is -1.65. The molecule has 5 rings (SSSR count). The van der Waals surface area contributed by atoms with Gasteiger partial charge in [0, 0.05) is 16.9 Å². The Morgan fingerprint density at radius 3 is 2.90 bits per heavy atom. The molecule has 1 aromatic heterocycles. The quantitative estimate of drug-likeness (QED) is 0.858. The van der Waals surface area contributed by atoms with E-state index in [0.717, 1.165) is 19.6 Å². The van der Waals surface area contributed by atoms with E-state index < -0.39 is 0 Å². The second-order valence-corrected chi connectivity index (χ2v) is 6.37. The molecular formula is C16H16N2O2. The summed E-state index contributed by atoms with van der Waals surface area (Å²) < 4.78 is 7.67. The molecule has 0 amide bonds. The van der Waals surface area contributed by atoms with Gasteiger partial charge in [0.1, 0.15) is 0 Å². The molecular weight excluding hydrogens is 252 g/mol. The number of benzene rings is 1. The van der Waals surface area contributed by atoms with Gasteiger partial charge >= 0.3 is 0 Å². The van der Waals surface area contributed by atoms with Crippen LogP contribution in [-0.2, 0) is 4.74 Å². The Kier molecular flexibility index (Phi) is 1.94. The average Bonchev–Trinajstić information content (AvgIpc) is 2.97. The summed E-state index contributed by atoms with van der Waals surface area (Å²) in [6.45, 7) is 1.58. The van der Waals surface area contributed by atoms with Crippen molar-refractivity contribution in [2.24, 2.45) is 11.3 Å². The maximum absolute atomic E-state index is 10.4. The number of nitrogens with zero attached hydrogens (tertiary/aromatic N) is 2. The first-order valence-electron chi connectivity index (χ1n) is 7.17. The van der Waals surface area contributed by atoms with Gasteiger partial charge in [0.2, 0.25) is 0 Å². The van der Waals surface area contributed by atoms with Gasteiger partial charge in [-0.3, -0.25) is 0 Å². The van der Waals surface area contributed by atoms with Gasteiger partial charge in [-0.2, -0.15) is 0 Å². The van der Waals surface area contributed by atoms with E-state index in [-0.39, 0.29) is 23.5 Å².